The van der Waals surface area contributed by atoms with Gasteiger partial charge in [-0.05, 0) is 60.5 Å². The van der Waals surface area contributed by atoms with Crippen LogP contribution < -0.4 is 4.90 Å². The van der Waals surface area contributed by atoms with Gasteiger partial charge in [-0.3, -0.25) is 0 Å². The second-order valence-corrected chi connectivity index (χ2v) is 6.75. The van der Waals surface area contributed by atoms with Gasteiger partial charge in [-0.25, -0.2) is 0 Å². The Labute approximate surface area is 159 Å². The first kappa shape index (κ1) is 15.7. The number of aromatic amines is 1. The number of hydrogen-bond donors (Lipinski definition) is 1. The van der Waals surface area contributed by atoms with E-state index in [1.807, 2.05) is 0 Å². The quantitative estimate of drug-likeness (QED) is 0.433. The van der Waals surface area contributed by atoms with Crippen LogP contribution in [-0.4, -0.2) is 4.98 Å². The summed E-state index contributed by atoms with van der Waals surface area (Å²) in [6.45, 7) is 0. The molecular formula is C25H20N2. The van der Waals surface area contributed by atoms with Crippen molar-refractivity contribution in [1.29, 1.82) is 0 Å². The minimum Gasteiger partial charge on any atom is -0.355 e. The van der Waals surface area contributed by atoms with Crippen molar-refractivity contribution in [3.8, 4) is 0 Å². The molecule has 2 nitrogen and oxygen atoms in total. The van der Waals surface area contributed by atoms with Gasteiger partial charge in [-0.1, -0.05) is 54.6 Å². The number of allylic oxidation sites excluding steroid dienone is 3. The van der Waals surface area contributed by atoms with Crippen LogP contribution in [0.1, 0.15) is 11.3 Å². The van der Waals surface area contributed by atoms with Crippen molar-refractivity contribution in [2.75, 3.05) is 4.90 Å². The lowest BCUT2D eigenvalue weighted by Gasteiger charge is -2.25. The lowest BCUT2D eigenvalue weighted by molar-refractivity contribution is 1.27. The number of nitrogens with zero attached hydrogens (tertiary/aromatic N) is 1. The summed E-state index contributed by atoms with van der Waals surface area (Å²) >= 11 is 0. The Balaban J connectivity index is 1.70. The third-order valence-corrected chi connectivity index (χ3v) is 5.04. The summed E-state index contributed by atoms with van der Waals surface area (Å²) in [5.74, 6) is 0. The lowest BCUT2D eigenvalue weighted by Crippen LogP contribution is -2.09. The van der Waals surface area contributed by atoms with E-state index >= 15 is 0 Å². The molecular weight excluding hydrogens is 328 g/mol. The molecule has 1 N–H and O–H groups in total. The number of fused-ring (bicyclic) bond motifs is 3. The zero-order valence-corrected chi connectivity index (χ0v) is 15.0. The fraction of sp³-hybridized carbons (Fsp3) is 0.0400. The van der Waals surface area contributed by atoms with Gasteiger partial charge in [0.05, 0.1) is 0 Å². The summed E-state index contributed by atoms with van der Waals surface area (Å²) < 4.78 is 0. The van der Waals surface area contributed by atoms with Crippen LogP contribution in [0.3, 0.4) is 0 Å². The van der Waals surface area contributed by atoms with Gasteiger partial charge < -0.3 is 9.88 Å². The number of rotatable bonds is 3. The topological polar surface area (TPSA) is 19.0 Å². The highest BCUT2D eigenvalue weighted by Crippen LogP contribution is 2.37. The van der Waals surface area contributed by atoms with Crippen LogP contribution in [0.25, 0.3) is 17.0 Å². The van der Waals surface area contributed by atoms with Crippen molar-refractivity contribution in [1.82, 2.24) is 4.98 Å². The Morgan fingerprint density at radius 3 is 2.11 bits per heavy atom. The minimum absolute atomic E-state index is 0.947. The molecule has 1 aliphatic carbocycles. The van der Waals surface area contributed by atoms with Gasteiger partial charge in [0.2, 0.25) is 0 Å². The Morgan fingerprint density at radius 1 is 0.704 bits per heavy atom. The molecule has 3 aromatic carbocycles. The van der Waals surface area contributed by atoms with Crippen LogP contribution in [0, 0.1) is 0 Å². The molecule has 0 bridgehead atoms. The first-order valence-corrected chi connectivity index (χ1v) is 9.28. The molecule has 0 aliphatic heterocycles. The maximum atomic E-state index is 3.56. The molecule has 1 aliphatic rings. The fourth-order valence-corrected chi connectivity index (χ4v) is 3.78. The molecule has 5 rings (SSSR count). The third-order valence-electron chi connectivity index (χ3n) is 5.04. The summed E-state index contributed by atoms with van der Waals surface area (Å²) in [6, 6.07) is 27.8. The molecule has 0 saturated carbocycles. The Hall–Kier alpha value is -3.52. The maximum Gasteiger partial charge on any atom is 0.0469 e. The van der Waals surface area contributed by atoms with E-state index in [9.17, 15) is 0 Å². The molecule has 0 radical (unpaired) electrons. The Morgan fingerprint density at radius 2 is 1.41 bits per heavy atom. The number of hydrogen-bond acceptors (Lipinski definition) is 1. The molecule has 1 aromatic heterocycles. The van der Waals surface area contributed by atoms with Crippen LogP contribution in [-0.2, 0) is 6.42 Å². The van der Waals surface area contributed by atoms with Gasteiger partial charge in [-0.2, -0.15) is 0 Å². The number of aromatic nitrogens is 1. The maximum absolute atomic E-state index is 3.56. The van der Waals surface area contributed by atoms with E-state index in [0.29, 0.717) is 0 Å². The Kier molecular flexibility index (Phi) is 3.87. The van der Waals surface area contributed by atoms with Gasteiger partial charge >= 0.3 is 0 Å². The van der Waals surface area contributed by atoms with Gasteiger partial charge in [0.15, 0.2) is 0 Å². The van der Waals surface area contributed by atoms with E-state index in [0.717, 1.165) is 17.8 Å². The van der Waals surface area contributed by atoms with Crippen molar-refractivity contribution >= 4 is 34.0 Å². The van der Waals surface area contributed by atoms with Crippen LogP contribution in [0.5, 0.6) is 0 Å². The van der Waals surface area contributed by atoms with E-state index in [1.165, 1.54) is 27.8 Å². The zero-order valence-electron chi connectivity index (χ0n) is 15.0. The summed E-state index contributed by atoms with van der Waals surface area (Å²) in [5, 5.41) is 1.29. The van der Waals surface area contributed by atoms with Gasteiger partial charge in [0.25, 0.3) is 0 Å². The van der Waals surface area contributed by atoms with Gasteiger partial charge in [0, 0.05) is 33.7 Å². The molecule has 0 atom stereocenters. The third kappa shape index (κ3) is 2.85. The number of para-hydroxylation sites is 2. The number of H-pyrrole nitrogens is 1. The van der Waals surface area contributed by atoms with Gasteiger partial charge in [-0.15, -0.1) is 0 Å². The van der Waals surface area contributed by atoms with E-state index in [1.54, 1.807) is 0 Å². The number of nitrogens with one attached hydrogen (secondary N) is 1. The first-order valence-electron chi connectivity index (χ1n) is 9.28. The molecule has 0 amide bonds. The average molecular weight is 348 g/mol. The fourth-order valence-electron chi connectivity index (χ4n) is 3.78. The highest BCUT2D eigenvalue weighted by Gasteiger charge is 2.15. The van der Waals surface area contributed by atoms with Gasteiger partial charge in [0.1, 0.15) is 0 Å². The number of benzene rings is 3. The summed E-state index contributed by atoms with van der Waals surface area (Å²) in [6.07, 6.45) is 9.54. The standard InChI is InChI=1S/C25H20N2/c1-4-10-19(11-5-1)27(20-12-6-2-7-13-20)21-16-17-25-23(18-21)22-14-8-3-9-15-24(22)26-25/h1-13,15-18,26H,14H2. The van der Waals surface area contributed by atoms with Crippen LogP contribution in [0.15, 0.2) is 97.1 Å². The monoisotopic (exact) mass is 348 g/mol. The molecule has 0 saturated heterocycles. The van der Waals surface area contributed by atoms with Crippen molar-refractivity contribution in [2.45, 2.75) is 6.42 Å². The predicted octanol–water partition coefficient (Wildman–Crippen LogP) is 6.76. The van der Waals surface area contributed by atoms with E-state index in [4.69, 9.17) is 0 Å². The minimum atomic E-state index is 0.947. The van der Waals surface area contributed by atoms with E-state index in [-0.39, 0.29) is 0 Å². The summed E-state index contributed by atoms with van der Waals surface area (Å²) in [4.78, 5) is 5.86. The van der Waals surface area contributed by atoms with Crippen LogP contribution in [0.2, 0.25) is 0 Å². The molecule has 130 valence electrons. The highest BCUT2D eigenvalue weighted by atomic mass is 15.1. The summed E-state index contributed by atoms with van der Waals surface area (Å²) in [5.41, 5.74) is 7.23. The van der Waals surface area contributed by atoms with Crippen molar-refractivity contribution < 1.29 is 0 Å². The normalized spacial score (nSPS) is 12.7. The molecule has 0 unspecified atom stereocenters. The SMILES string of the molecule is C1=CCc2c([nH]c3ccc(N(c4ccccc4)c4ccccc4)cc23)C=C1. The number of anilines is 3. The van der Waals surface area contributed by atoms with Crippen molar-refractivity contribution in [3.05, 3.63) is 108 Å². The Bertz CT molecular complexity index is 1100. The van der Waals surface area contributed by atoms with Crippen LogP contribution in [0.4, 0.5) is 17.1 Å². The molecule has 1 heterocycles. The predicted molar refractivity (Wildman–Crippen MR) is 115 cm³/mol. The largest absolute Gasteiger partial charge is 0.355 e. The van der Waals surface area contributed by atoms with E-state index < -0.39 is 0 Å². The van der Waals surface area contributed by atoms with Crippen molar-refractivity contribution in [3.63, 3.8) is 0 Å². The van der Waals surface area contributed by atoms with Crippen LogP contribution >= 0.6 is 0 Å². The zero-order chi connectivity index (χ0) is 18.1. The van der Waals surface area contributed by atoms with Crippen molar-refractivity contribution in [2.24, 2.45) is 0 Å². The second-order valence-electron chi connectivity index (χ2n) is 6.75. The molecule has 2 heteroatoms. The summed E-state index contributed by atoms with van der Waals surface area (Å²) in [7, 11) is 0. The molecule has 4 aromatic rings. The average Bonchev–Trinajstić information content (AvgIpc) is 2.90. The first-order chi connectivity index (χ1) is 13.4. The smallest absolute Gasteiger partial charge is 0.0469 e. The lowest BCUT2D eigenvalue weighted by atomic mass is 10.1. The second kappa shape index (κ2) is 6.65. The highest BCUT2D eigenvalue weighted by molar-refractivity contribution is 5.92. The molecule has 0 spiro atoms. The molecule has 0 fully saturated rings. The van der Waals surface area contributed by atoms with E-state index in [2.05, 4.69) is 113 Å². The molecule has 27 heavy (non-hydrogen) atoms.